The molecule has 0 spiro atoms. The molecule has 0 aromatic heterocycles. The summed E-state index contributed by atoms with van der Waals surface area (Å²) in [6, 6.07) is 8.07. The molecule has 1 N–H and O–H groups in total. The van der Waals surface area contributed by atoms with Gasteiger partial charge in [0.1, 0.15) is 0 Å². The van der Waals surface area contributed by atoms with E-state index in [-0.39, 0.29) is 0 Å². The quantitative estimate of drug-likeness (QED) is 0.908. The van der Waals surface area contributed by atoms with Gasteiger partial charge in [-0.1, -0.05) is 40.5 Å². The fourth-order valence-electron chi connectivity index (χ4n) is 2.53. The van der Waals surface area contributed by atoms with E-state index in [4.69, 9.17) is 0 Å². The summed E-state index contributed by atoms with van der Waals surface area (Å²) >= 11 is 3.52. The number of carboxylic acid groups (broad SMARTS) is 1. The highest BCUT2D eigenvalue weighted by molar-refractivity contribution is 9.10. The second-order valence-electron chi connectivity index (χ2n) is 5.20. The van der Waals surface area contributed by atoms with Crippen molar-refractivity contribution in [1.29, 1.82) is 0 Å². The number of hydrogen-bond donors (Lipinski definition) is 1. The molecule has 1 aliphatic carbocycles. The van der Waals surface area contributed by atoms with Crippen LogP contribution in [0.2, 0.25) is 0 Å². The highest BCUT2D eigenvalue weighted by atomic mass is 79.9. The summed E-state index contributed by atoms with van der Waals surface area (Å²) in [7, 11) is 1.99. The second-order valence-corrected chi connectivity index (χ2v) is 6.06. The highest BCUT2D eigenvalue weighted by Gasteiger charge is 2.44. The molecule has 1 fully saturated rings. The van der Waals surface area contributed by atoms with Crippen LogP contribution in [0, 0.1) is 5.41 Å². The van der Waals surface area contributed by atoms with Gasteiger partial charge >= 0.3 is 5.97 Å². The Labute approximate surface area is 116 Å². The Hall–Kier alpha value is -0.870. The molecule has 0 radical (unpaired) electrons. The summed E-state index contributed by atoms with van der Waals surface area (Å²) in [6.45, 7) is 1.40. The predicted molar refractivity (Wildman–Crippen MR) is 74.4 cm³/mol. The lowest BCUT2D eigenvalue weighted by atomic mass is 9.68. The zero-order chi connectivity index (χ0) is 13.2. The van der Waals surface area contributed by atoms with E-state index in [9.17, 15) is 9.90 Å². The molecule has 0 unspecified atom stereocenters. The molecule has 0 bridgehead atoms. The maximum atomic E-state index is 11.3. The summed E-state index contributed by atoms with van der Waals surface area (Å²) in [6.07, 6.45) is 2.65. The van der Waals surface area contributed by atoms with E-state index in [1.165, 1.54) is 5.56 Å². The maximum absolute atomic E-state index is 11.3. The van der Waals surface area contributed by atoms with Crippen LogP contribution in [0.25, 0.3) is 0 Å². The minimum absolute atomic E-state index is 0.504. The second kappa shape index (κ2) is 5.41. The van der Waals surface area contributed by atoms with E-state index in [1.807, 2.05) is 25.2 Å². The lowest BCUT2D eigenvalue weighted by Gasteiger charge is -2.40. The van der Waals surface area contributed by atoms with Crippen LogP contribution in [0.4, 0.5) is 0 Å². The normalized spacial score (nSPS) is 17.5. The maximum Gasteiger partial charge on any atom is 0.310 e. The van der Waals surface area contributed by atoms with E-state index in [2.05, 4.69) is 26.9 Å². The molecule has 2 rings (SSSR count). The molecule has 0 saturated heterocycles. The van der Waals surface area contributed by atoms with E-state index in [0.29, 0.717) is 6.54 Å². The summed E-state index contributed by atoms with van der Waals surface area (Å²) in [5.74, 6) is -0.646. The van der Waals surface area contributed by atoms with Gasteiger partial charge in [0.25, 0.3) is 0 Å². The molecule has 3 nitrogen and oxygen atoms in total. The van der Waals surface area contributed by atoms with Gasteiger partial charge < -0.3 is 10.0 Å². The van der Waals surface area contributed by atoms with E-state index >= 15 is 0 Å². The van der Waals surface area contributed by atoms with Crippen LogP contribution in [0.1, 0.15) is 24.8 Å². The molecule has 1 aliphatic rings. The summed E-state index contributed by atoms with van der Waals surface area (Å²) < 4.78 is 1.08. The number of hydrogen-bond acceptors (Lipinski definition) is 2. The van der Waals surface area contributed by atoms with Gasteiger partial charge in [0, 0.05) is 17.6 Å². The SMILES string of the molecule is CN(Cc1ccccc1Br)CC1(C(=O)O)CCC1. The third-order valence-corrected chi connectivity index (χ3v) is 4.51. The van der Waals surface area contributed by atoms with Crippen LogP contribution in [0.15, 0.2) is 28.7 Å². The van der Waals surface area contributed by atoms with E-state index in [1.54, 1.807) is 0 Å². The Kier molecular flexibility index (Phi) is 4.07. The molecule has 1 saturated carbocycles. The minimum Gasteiger partial charge on any atom is -0.481 e. The molecular weight excluding hydrogens is 294 g/mol. The largest absolute Gasteiger partial charge is 0.481 e. The Morgan fingerprint density at radius 3 is 2.61 bits per heavy atom. The Balaban J connectivity index is 1.99. The average molecular weight is 312 g/mol. The molecule has 1 aromatic rings. The Morgan fingerprint density at radius 2 is 2.11 bits per heavy atom. The van der Waals surface area contributed by atoms with Crippen molar-refractivity contribution >= 4 is 21.9 Å². The van der Waals surface area contributed by atoms with Crippen molar-refractivity contribution in [3.05, 3.63) is 34.3 Å². The van der Waals surface area contributed by atoms with Gasteiger partial charge in [-0.3, -0.25) is 4.79 Å². The number of rotatable bonds is 5. The van der Waals surface area contributed by atoms with Gasteiger partial charge in [0.15, 0.2) is 0 Å². The van der Waals surface area contributed by atoms with Crippen LogP contribution in [-0.2, 0) is 11.3 Å². The van der Waals surface area contributed by atoms with Gasteiger partial charge in [-0.25, -0.2) is 0 Å². The van der Waals surface area contributed by atoms with Gasteiger partial charge in [0.2, 0.25) is 0 Å². The van der Waals surface area contributed by atoms with Crippen LogP contribution >= 0.6 is 15.9 Å². The van der Waals surface area contributed by atoms with Crippen LogP contribution in [0.3, 0.4) is 0 Å². The van der Waals surface area contributed by atoms with Crippen molar-refractivity contribution < 1.29 is 9.90 Å². The zero-order valence-electron chi connectivity index (χ0n) is 10.5. The van der Waals surface area contributed by atoms with E-state index < -0.39 is 11.4 Å². The summed E-state index contributed by atoms with van der Waals surface area (Å²) in [5, 5.41) is 9.32. The molecule has 0 heterocycles. The first-order valence-electron chi connectivity index (χ1n) is 6.19. The van der Waals surface area contributed by atoms with E-state index in [0.717, 1.165) is 30.3 Å². The molecule has 0 aliphatic heterocycles. The number of benzene rings is 1. The third kappa shape index (κ3) is 2.75. The minimum atomic E-state index is -0.646. The molecule has 4 heteroatoms. The summed E-state index contributed by atoms with van der Waals surface area (Å²) in [4.78, 5) is 13.4. The highest BCUT2D eigenvalue weighted by Crippen LogP contribution is 2.41. The van der Waals surface area contributed by atoms with Crippen molar-refractivity contribution in [1.82, 2.24) is 4.90 Å². The number of nitrogens with zero attached hydrogens (tertiary/aromatic N) is 1. The topological polar surface area (TPSA) is 40.5 Å². The van der Waals surface area contributed by atoms with Gasteiger partial charge in [-0.2, -0.15) is 0 Å². The Morgan fingerprint density at radius 1 is 1.44 bits per heavy atom. The third-order valence-electron chi connectivity index (χ3n) is 3.74. The van der Waals surface area contributed by atoms with Gasteiger partial charge in [-0.05, 0) is 31.5 Å². The van der Waals surface area contributed by atoms with Crippen molar-refractivity contribution in [3.8, 4) is 0 Å². The number of carbonyl (C=O) groups is 1. The lowest BCUT2D eigenvalue weighted by Crippen LogP contribution is -2.46. The smallest absolute Gasteiger partial charge is 0.310 e. The molecule has 98 valence electrons. The summed E-state index contributed by atoms with van der Waals surface area (Å²) in [5.41, 5.74) is 0.690. The first-order valence-corrected chi connectivity index (χ1v) is 6.98. The average Bonchev–Trinajstić information content (AvgIpc) is 2.26. The Bertz CT molecular complexity index is 443. The van der Waals surface area contributed by atoms with Crippen molar-refractivity contribution in [3.63, 3.8) is 0 Å². The lowest BCUT2D eigenvalue weighted by molar-refractivity contribution is -0.156. The van der Waals surface area contributed by atoms with Crippen LogP contribution in [0.5, 0.6) is 0 Å². The molecule has 1 aromatic carbocycles. The molecule has 18 heavy (non-hydrogen) atoms. The standard InChI is InChI=1S/C14H18BrNO2/c1-16(9-11-5-2-3-6-12(11)15)10-14(13(17)18)7-4-8-14/h2-3,5-6H,4,7-10H2,1H3,(H,17,18). The van der Waals surface area contributed by atoms with Crippen molar-refractivity contribution in [2.75, 3.05) is 13.6 Å². The molecular formula is C14H18BrNO2. The number of halogens is 1. The number of aliphatic carboxylic acids is 1. The first-order chi connectivity index (χ1) is 8.53. The van der Waals surface area contributed by atoms with Crippen molar-refractivity contribution in [2.24, 2.45) is 5.41 Å². The molecule has 0 amide bonds. The first kappa shape index (κ1) is 13.6. The van der Waals surface area contributed by atoms with Crippen molar-refractivity contribution in [2.45, 2.75) is 25.8 Å². The van der Waals surface area contributed by atoms with Crippen LogP contribution < -0.4 is 0 Å². The zero-order valence-corrected chi connectivity index (χ0v) is 12.1. The fourth-order valence-corrected chi connectivity index (χ4v) is 2.94. The molecule has 0 atom stereocenters. The monoisotopic (exact) mass is 311 g/mol. The predicted octanol–water partition coefficient (Wildman–Crippen LogP) is 3.14. The number of carboxylic acids is 1. The fraction of sp³-hybridized carbons (Fsp3) is 0.500. The van der Waals surface area contributed by atoms with Crippen LogP contribution in [-0.4, -0.2) is 29.6 Å². The van der Waals surface area contributed by atoms with Gasteiger partial charge in [-0.15, -0.1) is 0 Å². The van der Waals surface area contributed by atoms with Gasteiger partial charge in [0.05, 0.1) is 5.41 Å².